The Labute approximate surface area is 178 Å². The van der Waals surface area contributed by atoms with Crippen LogP contribution in [0.15, 0.2) is 47.4 Å². The molecule has 2 heterocycles. The number of nitrogens with one attached hydrogen (secondary N) is 1. The maximum absolute atomic E-state index is 12.8. The molecule has 0 unspecified atom stereocenters. The number of fused-ring (bicyclic) bond motifs is 1. The van der Waals surface area contributed by atoms with Crippen LogP contribution in [0.4, 0.5) is 5.13 Å². The predicted octanol–water partition coefficient (Wildman–Crippen LogP) is 2.64. The molecular formula is C20H21N3O5S2. The van der Waals surface area contributed by atoms with Gasteiger partial charge in [0.1, 0.15) is 5.75 Å². The van der Waals surface area contributed by atoms with Gasteiger partial charge in [-0.1, -0.05) is 29.5 Å². The van der Waals surface area contributed by atoms with Gasteiger partial charge in [0.15, 0.2) is 11.7 Å². The number of benzene rings is 2. The van der Waals surface area contributed by atoms with Crippen LogP contribution in [-0.4, -0.2) is 56.5 Å². The Bertz CT molecular complexity index is 1170. The van der Waals surface area contributed by atoms with E-state index in [1.165, 1.54) is 15.6 Å². The first kappa shape index (κ1) is 20.7. The van der Waals surface area contributed by atoms with Crippen molar-refractivity contribution in [3.05, 3.63) is 48.0 Å². The zero-order valence-corrected chi connectivity index (χ0v) is 18.0. The molecule has 1 saturated heterocycles. The van der Waals surface area contributed by atoms with Crippen LogP contribution in [0.5, 0.6) is 5.75 Å². The van der Waals surface area contributed by atoms with E-state index >= 15 is 0 Å². The molecule has 0 saturated carbocycles. The first-order valence-electron chi connectivity index (χ1n) is 9.40. The van der Waals surface area contributed by atoms with E-state index in [1.807, 2.05) is 25.1 Å². The highest BCUT2D eigenvalue weighted by molar-refractivity contribution is 7.89. The molecule has 1 amide bonds. The molecule has 1 aliphatic rings. The van der Waals surface area contributed by atoms with Crippen LogP contribution in [0.2, 0.25) is 0 Å². The summed E-state index contributed by atoms with van der Waals surface area (Å²) >= 11 is 1.22. The van der Waals surface area contributed by atoms with Crippen molar-refractivity contribution in [2.75, 3.05) is 38.2 Å². The fourth-order valence-electron chi connectivity index (χ4n) is 3.07. The van der Waals surface area contributed by atoms with Crippen LogP contribution < -0.4 is 10.1 Å². The number of para-hydroxylation sites is 1. The molecule has 0 radical (unpaired) electrons. The highest BCUT2D eigenvalue weighted by atomic mass is 32.2. The SMILES string of the molecule is Cc1ccccc1OCC(=O)Nc1nc2ccc(S(=O)(=O)N3CCOCC3)cc2s1. The lowest BCUT2D eigenvalue weighted by Crippen LogP contribution is -2.40. The maximum atomic E-state index is 12.8. The van der Waals surface area contributed by atoms with Crippen molar-refractivity contribution in [1.82, 2.24) is 9.29 Å². The monoisotopic (exact) mass is 447 g/mol. The molecule has 158 valence electrons. The van der Waals surface area contributed by atoms with Crippen molar-refractivity contribution in [2.45, 2.75) is 11.8 Å². The van der Waals surface area contributed by atoms with Crippen LogP contribution in [-0.2, 0) is 19.6 Å². The number of ether oxygens (including phenoxy) is 2. The molecule has 2 aromatic carbocycles. The summed E-state index contributed by atoms with van der Waals surface area (Å²) in [6, 6.07) is 12.2. The number of sulfonamides is 1. The Kier molecular flexibility index (Phi) is 6.00. The van der Waals surface area contributed by atoms with Gasteiger partial charge in [0.05, 0.1) is 28.3 Å². The van der Waals surface area contributed by atoms with Gasteiger partial charge in [0, 0.05) is 13.1 Å². The third kappa shape index (κ3) is 4.46. The third-order valence-corrected chi connectivity index (χ3v) is 7.49. The van der Waals surface area contributed by atoms with E-state index < -0.39 is 10.0 Å². The normalized spacial score (nSPS) is 15.2. The first-order chi connectivity index (χ1) is 14.4. The van der Waals surface area contributed by atoms with E-state index in [4.69, 9.17) is 9.47 Å². The standard InChI is InChI=1S/C20H21N3O5S2/c1-14-4-2-3-5-17(14)28-13-19(24)22-20-21-16-7-6-15(12-18(16)29-20)30(25,26)23-8-10-27-11-9-23/h2-7,12H,8-11,13H2,1H3,(H,21,22,24). The number of thiazole rings is 1. The quantitative estimate of drug-likeness (QED) is 0.624. The molecule has 1 aromatic heterocycles. The Balaban J connectivity index is 1.46. The van der Waals surface area contributed by atoms with Gasteiger partial charge in [-0.15, -0.1) is 0 Å². The zero-order valence-electron chi connectivity index (χ0n) is 16.3. The van der Waals surface area contributed by atoms with Gasteiger partial charge in [0.2, 0.25) is 10.0 Å². The minimum absolute atomic E-state index is 0.141. The van der Waals surface area contributed by atoms with Crippen LogP contribution in [0, 0.1) is 6.92 Å². The van der Waals surface area contributed by atoms with Crippen LogP contribution in [0.1, 0.15) is 5.56 Å². The molecule has 1 N–H and O–H groups in total. The largest absolute Gasteiger partial charge is 0.483 e. The number of morpholine rings is 1. The summed E-state index contributed by atoms with van der Waals surface area (Å²) in [6.45, 7) is 3.23. The zero-order chi connectivity index (χ0) is 21.1. The van der Waals surface area contributed by atoms with E-state index in [2.05, 4.69) is 10.3 Å². The van der Waals surface area contributed by atoms with Gasteiger partial charge in [-0.25, -0.2) is 13.4 Å². The summed E-state index contributed by atoms with van der Waals surface area (Å²) in [5, 5.41) is 3.10. The number of nitrogens with zero attached hydrogens (tertiary/aromatic N) is 2. The van der Waals surface area contributed by atoms with Gasteiger partial charge in [-0.3, -0.25) is 10.1 Å². The number of amides is 1. The van der Waals surface area contributed by atoms with Crippen molar-refractivity contribution in [3.8, 4) is 5.75 Å². The number of rotatable bonds is 6. The predicted molar refractivity (Wildman–Crippen MR) is 115 cm³/mol. The van der Waals surface area contributed by atoms with Gasteiger partial charge in [-0.2, -0.15) is 4.31 Å². The maximum Gasteiger partial charge on any atom is 0.264 e. The molecule has 0 spiro atoms. The lowest BCUT2D eigenvalue weighted by atomic mass is 10.2. The van der Waals surface area contributed by atoms with E-state index in [1.54, 1.807) is 24.3 Å². The molecule has 0 aliphatic carbocycles. The number of hydrogen-bond donors (Lipinski definition) is 1. The van der Waals surface area contributed by atoms with Crippen molar-refractivity contribution in [2.24, 2.45) is 0 Å². The summed E-state index contributed by atoms with van der Waals surface area (Å²) in [4.78, 5) is 16.8. The van der Waals surface area contributed by atoms with Crippen molar-refractivity contribution in [3.63, 3.8) is 0 Å². The fourth-order valence-corrected chi connectivity index (χ4v) is 5.50. The van der Waals surface area contributed by atoms with Gasteiger partial charge in [0.25, 0.3) is 5.91 Å². The second-order valence-electron chi connectivity index (χ2n) is 6.77. The lowest BCUT2D eigenvalue weighted by Gasteiger charge is -2.25. The second kappa shape index (κ2) is 8.68. The molecule has 1 aliphatic heterocycles. The Hall–Kier alpha value is -2.53. The smallest absolute Gasteiger partial charge is 0.264 e. The highest BCUT2D eigenvalue weighted by Crippen LogP contribution is 2.29. The minimum Gasteiger partial charge on any atom is -0.483 e. The number of aryl methyl sites for hydroxylation is 1. The summed E-state index contributed by atoms with van der Waals surface area (Å²) in [5.41, 5.74) is 1.57. The van der Waals surface area contributed by atoms with Gasteiger partial charge >= 0.3 is 0 Å². The van der Waals surface area contributed by atoms with E-state index in [9.17, 15) is 13.2 Å². The number of carbonyl (C=O) groups is 1. The van der Waals surface area contributed by atoms with Crippen molar-refractivity contribution < 1.29 is 22.7 Å². The van der Waals surface area contributed by atoms with Crippen molar-refractivity contribution >= 4 is 42.6 Å². The Morgan fingerprint density at radius 3 is 2.77 bits per heavy atom. The topological polar surface area (TPSA) is 97.8 Å². The number of hydrogen-bond acceptors (Lipinski definition) is 7. The second-order valence-corrected chi connectivity index (χ2v) is 9.74. The van der Waals surface area contributed by atoms with Gasteiger partial charge < -0.3 is 9.47 Å². The Morgan fingerprint density at radius 1 is 1.23 bits per heavy atom. The molecule has 10 heteroatoms. The summed E-state index contributed by atoms with van der Waals surface area (Å²) in [6.07, 6.45) is 0. The average molecular weight is 448 g/mol. The molecule has 4 rings (SSSR count). The average Bonchev–Trinajstić information content (AvgIpc) is 3.15. The molecular weight excluding hydrogens is 426 g/mol. The van der Waals surface area contributed by atoms with Crippen LogP contribution in [0.3, 0.4) is 0 Å². The lowest BCUT2D eigenvalue weighted by molar-refractivity contribution is -0.118. The van der Waals surface area contributed by atoms with E-state index in [0.29, 0.717) is 47.4 Å². The summed E-state index contributed by atoms with van der Waals surface area (Å²) < 4.78 is 38.5. The van der Waals surface area contributed by atoms with E-state index in [0.717, 1.165) is 5.56 Å². The minimum atomic E-state index is -3.59. The summed E-state index contributed by atoms with van der Waals surface area (Å²) in [5.74, 6) is 0.313. The molecule has 30 heavy (non-hydrogen) atoms. The molecule has 3 aromatic rings. The van der Waals surface area contributed by atoms with Crippen LogP contribution in [0.25, 0.3) is 10.2 Å². The first-order valence-corrected chi connectivity index (χ1v) is 11.7. The highest BCUT2D eigenvalue weighted by Gasteiger charge is 2.26. The van der Waals surface area contributed by atoms with Gasteiger partial charge in [-0.05, 0) is 36.8 Å². The number of anilines is 1. The Morgan fingerprint density at radius 2 is 2.00 bits per heavy atom. The molecule has 8 nitrogen and oxygen atoms in total. The van der Waals surface area contributed by atoms with E-state index in [-0.39, 0.29) is 17.4 Å². The molecule has 1 fully saturated rings. The van der Waals surface area contributed by atoms with Crippen molar-refractivity contribution in [1.29, 1.82) is 0 Å². The van der Waals surface area contributed by atoms with Crippen LogP contribution >= 0.6 is 11.3 Å². The number of aromatic nitrogens is 1. The molecule has 0 atom stereocenters. The molecule has 0 bridgehead atoms. The summed E-state index contributed by atoms with van der Waals surface area (Å²) in [7, 11) is -3.59. The third-order valence-electron chi connectivity index (χ3n) is 4.67. The number of carbonyl (C=O) groups excluding carboxylic acids is 1. The fraction of sp³-hybridized carbons (Fsp3) is 0.300.